The van der Waals surface area contributed by atoms with E-state index in [0.29, 0.717) is 16.7 Å². The highest BCUT2D eigenvalue weighted by Crippen LogP contribution is 2.29. The minimum Gasteiger partial charge on any atom is -0.374 e. The minimum absolute atomic E-state index is 0.366. The summed E-state index contributed by atoms with van der Waals surface area (Å²) in [6.45, 7) is 2.99. The summed E-state index contributed by atoms with van der Waals surface area (Å²) in [5.74, 6) is 6.34. The number of ether oxygens (including phenoxy) is 1. The van der Waals surface area contributed by atoms with Crippen molar-refractivity contribution in [1.29, 1.82) is 0 Å². The molecule has 0 aliphatic heterocycles. The zero-order valence-corrected chi connectivity index (χ0v) is 19.8. The van der Waals surface area contributed by atoms with E-state index in [1.165, 1.54) is 63.0 Å². The lowest BCUT2D eigenvalue weighted by molar-refractivity contribution is 0.0336. The molecule has 1 fully saturated rings. The van der Waals surface area contributed by atoms with Crippen molar-refractivity contribution < 1.29 is 9.13 Å². The Balaban J connectivity index is 1.37. The Labute approximate surface area is 198 Å². The molecule has 0 heterocycles. The van der Waals surface area contributed by atoms with Gasteiger partial charge in [0.15, 0.2) is 0 Å². The summed E-state index contributed by atoms with van der Waals surface area (Å²) in [6.07, 6.45) is 15.8. The largest absolute Gasteiger partial charge is 0.374 e. The molecule has 1 nitrogen and oxygen atoms in total. The van der Waals surface area contributed by atoms with Crippen LogP contribution in [-0.4, -0.2) is 12.7 Å². The number of benzene rings is 2. The molecule has 3 heteroatoms. The fourth-order valence-corrected chi connectivity index (χ4v) is 4.30. The van der Waals surface area contributed by atoms with Crippen LogP contribution >= 0.6 is 11.6 Å². The zero-order chi connectivity index (χ0) is 22.6. The molecule has 0 radical (unpaired) electrons. The number of aryl methyl sites for hydroxylation is 1. The second-order valence-corrected chi connectivity index (χ2v) is 9.14. The quantitative estimate of drug-likeness (QED) is 0.212. The Morgan fingerprint density at radius 3 is 2.53 bits per heavy atom. The third-order valence-corrected chi connectivity index (χ3v) is 6.42. The van der Waals surface area contributed by atoms with Crippen LogP contribution in [0.5, 0.6) is 0 Å². The molecule has 1 aliphatic rings. The third kappa shape index (κ3) is 8.45. The van der Waals surface area contributed by atoms with Gasteiger partial charge in [-0.15, -0.1) is 0 Å². The smallest absolute Gasteiger partial charge is 0.140 e. The molecular formula is C29H34ClFO. The molecule has 0 unspecified atom stereocenters. The molecule has 0 atom stereocenters. The predicted octanol–water partition coefficient (Wildman–Crippen LogP) is 8.13. The lowest BCUT2D eigenvalue weighted by atomic mass is 9.83. The van der Waals surface area contributed by atoms with Gasteiger partial charge in [-0.25, -0.2) is 4.39 Å². The number of allylic oxidation sites excluding steroid dienone is 1. The van der Waals surface area contributed by atoms with E-state index in [4.69, 9.17) is 16.3 Å². The van der Waals surface area contributed by atoms with Crippen molar-refractivity contribution in [3.63, 3.8) is 0 Å². The van der Waals surface area contributed by atoms with Crippen LogP contribution < -0.4 is 0 Å². The molecule has 2 aromatic carbocycles. The summed E-state index contributed by atoms with van der Waals surface area (Å²) < 4.78 is 19.9. The molecule has 0 amide bonds. The molecule has 1 aliphatic carbocycles. The molecule has 1 saturated carbocycles. The van der Waals surface area contributed by atoms with Crippen molar-refractivity contribution in [3.05, 3.63) is 82.1 Å². The van der Waals surface area contributed by atoms with Gasteiger partial charge in [0.25, 0.3) is 0 Å². The number of hydrogen-bond acceptors (Lipinski definition) is 1. The standard InChI is InChI=1S/C29H34ClFO/c1-2-3-4-5-6-21-32-28-19-14-25(15-20-28)12-9-23-7-10-24(11-8-23)13-16-26-17-18-27(30)22-29(26)31/h5-8,10-11,17-18,22,25,28H,2-4,9,12,14-15,19-21H2,1H3/b6-5+. The fourth-order valence-electron chi connectivity index (χ4n) is 4.14. The molecule has 0 saturated heterocycles. The highest BCUT2D eigenvalue weighted by atomic mass is 35.5. The highest BCUT2D eigenvalue weighted by Gasteiger charge is 2.21. The van der Waals surface area contributed by atoms with Gasteiger partial charge in [-0.05, 0) is 86.8 Å². The SMILES string of the molecule is CCCC/C=C/COC1CCC(CCc2ccc(C#Cc3ccc(Cl)cc3F)cc2)CC1. The Hall–Kier alpha value is -2.08. The molecule has 3 rings (SSSR count). The van der Waals surface area contributed by atoms with Crippen LogP contribution in [0.25, 0.3) is 0 Å². The van der Waals surface area contributed by atoms with Gasteiger partial charge in [-0.3, -0.25) is 0 Å². The molecule has 0 bridgehead atoms. The van der Waals surface area contributed by atoms with Gasteiger partial charge >= 0.3 is 0 Å². The van der Waals surface area contributed by atoms with Crippen LogP contribution in [0.3, 0.4) is 0 Å². The van der Waals surface area contributed by atoms with Crippen molar-refractivity contribution in [2.24, 2.45) is 5.92 Å². The Kier molecular flexibility index (Phi) is 10.3. The average molecular weight is 453 g/mol. The first kappa shape index (κ1) is 24.6. The van der Waals surface area contributed by atoms with Crippen molar-refractivity contribution in [2.45, 2.75) is 70.8 Å². The summed E-state index contributed by atoms with van der Waals surface area (Å²) in [7, 11) is 0. The maximum Gasteiger partial charge on any atom is 0.140 e. The molecule has 170 valence electrons. The Bertz CT molecular complexity index is 914. The van der Waals surface area contributed by atoms with Crippen LogP contribution in [0.15, 0.2) is 54.6 Å². The van der Waals surface area contributed by atoms with E-state index in [-0.39, 0.29) is 5.82 Å². The van der Waals surface area contributed by atoms with Gasteiger partial charge in [0.05, 0.1) is 18.3 Å². The summed E-state index contributed by atoms with van der Waals surface area (Å²) in [4.78, 5) is 0. The summed E-state index contributed by atoms with van der Waals surface area (Å²) in [5.41, 5.74) is 2.60. The van der Waals surface area contributed by atoms with Gasteiger partial charge in [-0.2, -0.15) is 0 Å². The molecule has 0 N–H and O–H groups in total. The predicted molar refractivity (Wildman–Crippen MR) is 133 cm³/mol. The number of halogens is 2. The van der Waals surface area contributed by atoms with E-state index in [9.17, 15) is 4.39 Å². The first-order valence-electron chi connectivity index (χ1n) is 12.0. The molecule has 32 heavy (non-hydrogen) atoms. The Morgan fingerprint density at radius 1 is 1.03 bits per heavy atom. The van der Waals surface area contributed by atoms with Crippen LogP contribution in [0, 0.1) is 23.6 Å². The first-order chi connectivity index (χ1) is 15.6. The second kappa shape index (κ2) is 13.5. The van der Waals surface area contributed by atoms with E-state index < -0.39 is 0 Å². The number of unbranched alkanes of at least 4 members (excludes halogenated alkanes) is 2. The van der Waals surface area contributed by atoms with Gasteiger partial charge < -0.3 is 4.74 Å². The lowest BCUT2D eigenvalue weighted by Gasteiger charge is -2.28. The van der Waals surface area contributed by atoms with E-state index in [1.54, 1.807) is 12.1 Å². The maximum absolute atomic E-state index is 13.8. The minimum atomic E-state index is -0.384. The summed E-state index contributed by atoms with van der Waals surface area (Å²) in [5, 5.41) is 0.383. The molecule has 0 spiro atoms. The summed E-state index contributed by atoms with van der Waals surface area (Å²) >= 11 is 5.79. The normalized spacial score (nSPS) is 18.5. The van der Waals surface area contributed by atoms with Crippen molar-refractivity contribution in [1.82, 2.24) is 0 Å². The molecule has 2 aromatic rings. The first-order valence-corrected chi connectivity index (χ1v) is 12.3. The van der Waals surface area contributed by atoms with Crippen LogP contribution in [0.2, 0.25) is 5.02 Å². The van der Waals surface area contributed by atoms with Gasteiger partial charge in [-0.1, -0.05) is 67.5 Å². The van der Waals surface area contributed by atoms with E-state index in [2.05, 4.69) is 43.0 Å². The molecular weight excluding hydrogens is 419 g/mol. The fraction of sp³-hybridized carbons (Fsp3) is 0.448. The van der Waals surface area contributed by atoms with Crippen LogP contribution in [-0.2, 0) is 11.2 Å². The highest BCUT2D eigenvalue weighted by molar-refractivity contribution is 6.30. The Morgan fingerprint density at radius 2 is 1.81 bits per heavy atom. The van der Waals surface area contributed by atoms with E-state index in [0.717, 1.165) is 24.5 Å². The summed E-state index contributed by atoms with van der Waals surface area (Å²) in [6, 6.07) is 12.9. The van der Waals surface area contributed by atoms with Crippen molar-refractivity contribution >= 4 is 11.6 Å². The van der Waals surface area contributed by atoms with E-state index in [1.807, 2.05) is 12.1 Å². The number of rotatable bonds is 9. The van der Waals surface area contributed by atoms with Gasteiger partial charge in [0, 0.05) is 10.6 Å². The van der Waals surface area contributed by atoms with Gasteiger partial charge in [0.2, 0.25) is 0 Å². The second-order valence-electron chi connectivity index (χ2n) is 8.70. The van der Waals surface area contributed by atoms with Gasteiger partial charge in [0.1, 0.15) is 5.82 Å². The van der Waals surface area contributed by atoms with Crippen LogP contribution in [0.4, 0.5) is 4.39 Å². The third-order valence-electron chi connectivity index (χ3n) is 6.18. The molecule has 0 aromatic heterocycles. The van der Waals surface area contributed by atoms with Crippen molar-refractivity contribution in [2.75, 3.05) is 6.61 Å². The lowest BCUT2D eigenvalue weighted by Crippen LogP contribution is -2.22. The van der Waals surface area contributed by atoms with Crippen molar-refractivity contribution in [3.8, 4) is 11.8 Å². The average Bonchev–Trinajstić information content (AvgIpc) is 2.81. The topological polar surface area (TPSA) is 9.23 Å². The monoisotopic (exact) mass is 452 g/mol. The van der Waals surface area contributed by atoms with Crippen LogP contribution in [0.1, 0.15) is 75.0 Å². The maximum atomic E-state index is 13.8. The number of hydrogen-bond donors (Lipinski definition) is 0. The zero-order valence-electron chi connectivity index (χ0n) is 19.1. The van der Waals surface area contributed by atoms with E-state index >= 15 is 0 Å².